The Kier molecular flexibility index (Phi) is 6.17. The molecule has 0 aliphatic rings. The lowest BCUT2D eigenvalue weighted by Crippen LogP contribution is -2.29. The van der Waals surface area contributed by atoms with E-state index in [9.17, 15) is 9.59 Å². The second-order valence-electron chi connectivity index (χ2n) is 6.22. The largest absolute Gasteiger partial charge is 0.483 e. The summed E-state index contributed by atoms with van der Waals surface area (Å²) in [6.07, 6.45) is 0. The van der Waals surface area contributed by atoms with E-state index in [0.717, 1.165) is 5.56 Å². The molecule has 0 radical (unpaired) electrons. The molecule has 132 valence electrons. The van der Waals surface area contributed by atoms with Gasteiger partial charge in [-0.3, -0.25) is 9.59 Å². The fourth-order valence-electron chi connectivity index (χ4n) is 2.28. The number of nitrogens with zero attached hydrogens (tertiary/aromatic N) is 2. The first-order valence-corrected chi connectivity index (χ1v) is 8.11. The maximum atomic E-state index is 12.8. The Hall–Kier alpha value is -2.82. The van der Waals surface area contributed by atoms with Gasteiger partial charge in [0.05, 0.1) is 5.56 Å². The van der Waals surface area contributed by atoms with Crippen LogP contribution in [0.5, 0.6) is 5.75 Å². The van der Waals surface area contributed by atoms with Crippen LogP contribution in [0.4, 0.5) is 0 Å². The van der Waals surface area contributed by atoms with Crippen molar-refractivity contribution in [3.63, 3.8) is 0 Å². The average Bonchev–Trinajstić information content (AvgIpc) is 2.61. The summed E-state index contributed by atoms with van der Waals surface area (Å²) in [7, 11) is 5.08. The molecule has 0 saturated heterocycles. The van der Waals surface area contributed by atoms with Crippen LogP contribution in [-0.2, 0) is 11.3 Å². The molecular formula is C20H24N2O3. The molecule has 2 amide bonds. The maximum Gasteiger partial charge on any atom is 0.259 e. The summed E-state index contributed by atoms with van der Waals surface area (Å²) in [5.74, 6) is 0.113. The van der Waals surface area contributed by atoms with Crippen molar-refractivity contribution in [3.8, 4) is 5.75 Å². The molecule has 0 aliphatic carbocycles. The van der Waals surface area contributed by atoms with E-state index < -0.39 is 0 Å². The lowest BCUT2D eigenvalue weighted by atomic mass is 10.1. The van der Waals surface area contributed by atoms with Gasteiger partial charge in [-0.15, -0.1) is 0 Å². The number of likely N-dealkylation sites (N-methyl/N-ethyl adjacent to an activating group) is 1. The first-order chi connectivity index (χ1) is 11.9. The summed E-state index contributed by atoms with van der Waals surface area (Å²) in [6.45, 7) is 2.43. The number of aryl methyl sites for hydroxylation is 1. The minimum Gasteiger partial charge on any atom is -0.483 e. The molecule has 2 aromatic rings. The summed E-state index contributed by atoms with van der Waals surface area (Å²) in [6, 6.07) is 15.1. The molecular weight excluding hydrogens is 316 g/mol. The number of para-hydroxylation sites is 1. The quantitative estimate of drug-likeness (QED) is 0.812. The summed E-state index contributed by atoms with van der Waals surface area (Å²) in [5.41, 5.74) is 2.69. The van der Waals surface area contributed by atoms with Gasteiger partial charge in [0, 0.05) is 27.7 Å². The fraction of sp³-hybridized carbons (Fsp3) is 0.300. The number of hydrogen-bond acceptors (Lipinski definition) is 3. The molecule has 0 saturated carbocycles. The van der Waals surface area contributed by atoms with Crippen molar-refractivity contribution in [1.82, 2.24) is 9.80 Å². The molecule has 0 unspecified atom stereocenters. The van der Waals surface area contributed by atoms with E-state index in [1.165, 1.54) is 10.5 Å². The van der Waals surface area contributed by atoms with Crippen molar-refractivity contribution in [2.45, 2.75) is 13.5 Å². The Morgan fingerprint density at radius 3 is 2.24 bits per heavy atom. The highest BCUT2D eigenvalue weighted by molar-refractivity contribution is 5.96. The summed E-state index contributed by atoms with van der Waals surface area (Å²) in [4.78, 5) is 27.6. The molecule has 5 heteroatoms. The molecule has 25 heavy (non-hydrogen) atoms. The Morgan fingerprint density at radius 2 is 1.60 bits per heavy atom. The lowest BCUT2D eigenvalue weighted by Gasteiger charge is -2.19. The number of carbonyl (C=O) groups excluding carboxylic acids is 2. The number of carbonyl (C=O) groups is 2. The van der Waals surface area contributed by atoms with Gasteiger partial charge in [0.25, 0.3) is 11.8 Å². The fourth-order valence-corrected chi connectivity index (χ4v) is 2.28. The minimum atomic E-state index is -0.157. The van der Waals surface area contributed by atoms with Crippen LogP contribution in [0.1, 0.15) is 21.5 Å². The predicted molar refractivity (Wildman–Crippen MR) is 97.6 cm³/mol. The molecule has 0 bridgehead atoms. The highest BCUT2D eigenvalue weighted by Crippen LogP contribution is 2.20. The molecule has 0 atom stereocenters. The van der Waals surface area contributed by atoms with Crippen molar-refractivity contribution in [3.05, 3.63) is 65.2 Å². The molecule has 2 aromatic carbocycles. The zero-order valence-corrected chi connectivity index (χ0v) is 15.2. The van der Waals surface area contributed by atoms with Gasteiger partial charge in [-0.2, -0.15) is 0 Å². The normalized spacial score (nSPS) is 10.2. The van der Waals surface area contributed by atoms with E-state index in [1.54, 1.807) is 50.3 Å². The third kappa shape index (κ3) is 5.08. The highest BCUT2D eigenvalue weighted by Gasteiger charge is 2.17. The molecule has 0 heterocycles. The molecule has 0 N–H and O–H groups in total. The Bertz CT molecular complexity index is 739. The van der Waals surface area contributed by atoms with E-state index in [4.69, 9.17) is 4.74 Å². The molecule has 0 aliphatic heterocycles. The Balaban J connectivity index is 2.10. The van der Waals surface area contributed by atoms with Gasteiger partial charge < -0.3 is 14.5 Å². The van der Waals surface area contributed by atoms with Crippen molar-refractivity contribution in [2.24, 2.45) is 0 Å². The molecule has 0 fully saturated rings. The third-order valence-corrected chi connectivity index (χ3v) is 3.85. The topological polar surface area (TPSA) is 49.9 Å². The van der Waals surface area contributed by atoms with Gasteiger partial charge in [0.2, 0.25) is 0 Å². The molecule has 0 aromatic heterocycles. The van der Waals surface area contributed by atoms with Crippen LogP contribution < -0.4 is 4.74 Å². The van der Waals surface area contributed by atoms with E-state index >= 15 is 0 Å². The van der Waals surface area contributed by atoms with Crippen molar-refractivity contribution >= 4 is 11.8 Å². The van der Waals surface area contributed by atoms with Crippen LogP contribution in [0.25, 0.3) is 0 Å². The van der Waals surface area contributed by atoms with Crippen LogP contribution in [0, 0.1) is 6.92 Å². The summed E-state index contributed by atoms with van der Waals surface area (Å²) >= 11 is 0. The highest BCUT2D eigenvalue weighted by atomic mass is 16.5. The Morgan fingerprint density at radius 1 is 0.960 bits per heavy atom. The zero-order chi connectivity index (χ0) is 18.4. The minimum absolute atomic E-state index is 0.0982. The van der Waals surface area contributed by atoms with Gasteiger partial charge in [-0.1, -0.05) is 42.0 Å². The van der Waals surface area contributed by atoms with Crippen molar-refractivity contribution in [1.29, 1.82) is 0 Å². The van der Waals surface area contributed by atoms with Crippen molar-refractivity contribution < 1.29 is 14.3 Å². The van der Waals surface area contributed by atoms with E-state index in [-0.39, 0.29) is 18.4 Å². The van der Waals surface area contributed by atoms with Gasteiger partial charge in [-0.05, 0) is 24.6 Å². The third-order valence-electron chi connectivity index (χ3n) is 3.85. The van der Waals surface area contributed by atoms with Crippen LogP contribution in [0.2, 0.25) is 0 Å². The number of benzene rings is 2. The maximum absolute atomic E-state index is 12.8. The lowest BCUT2D eigenvalue weighted by molar-refractivity contribution is -0.130. The zero-order valence-electron chi connectivity index (χ0n) is 15.2. The SMILES string of the molecule is Cc1ccc(CN(C)C(=O)c2ccccc2OCC(=O)N(C)C)cc1. The molecule has 2 rings (SSSR count). The smallest absolute Gasteiger partial charge is 0.259 e. The van der Waals surface area contributed by atoms with E-state index in [2.05, 4.69) is 0 Å². The standard InChI is InChI=1S/C20H24N2O3/c1-15-9-11-16(12-10-15)13-22(4)20(24)17-7-5-6-8-18(17)25-14-19(23)21(2)3/h5-12H,13-14H2,1-4H3. The number of rotatable bonds is 6. The number of ether oxygens (including phenoxy) is 1. The second-order valence-corrected chi connectivity index (χ2v) is 6.22. The second kappa shape index (κ2) is 8.33. The first-order valence-electron chi connectivity index (χ1n) is 8.11. The number of amides is 2. The summed E-state index contributed by atoms with van der Waals surface area (Å²) < 4.78 is 5.56. The predicted octanol–water partition coefficient (Wildman–Crippen LogP) is 2.73. The molecule has 5 nitrogen and oxygen atoms in total. The van der Waals surface area contributed by atoms with Crippen molar-refractivity contribution in [2.75, 3.05) is 27.7 Å². The van der Waals surface area contributed by atoms with Crippen LogP contribution >= 0.6 is 0 Å². The summed E-state index contributed by atoms with van der Waals surface area (Å²) in [5, 5.41) is 0. The van der Waals surface area contributed by atoms with Gasteiger partial charge in [0.1, 0.15) is 5.75 Å². The van der Waals surface area contributed by atoms with Crippen LogP contribution in [0.15, 0.2) is 48.5 Å². The first kappa shape index (κ1) is 18.5. The number of hydrogen-bond donors (Lipinski definition) is 0. The van der Waals surface area contributed by atoms with Gasteiger partial charge >= 0.3 is 0 Å². The molecule has 0 spiro atoms. The average molecular weight is 340 g/mol. The van der Waals surface area contributed by atoms with E-state index in [0.29, 0.717) is 17.9 Å². The van der Waals surface area contributed by atoms with E-state index in [1.807, 2.05) is 31.2 Å². The van der Waals surface area contributed by atoms with Crippen LogP contribution in [0.3, 0.4) is 0 Å². The Labute approximate surface area is 148 Å². The van der Waals surface area contributed by atoms with Crippen LogP contribution in [-0.4, -0.2) is 49.4 Å². The monoisotopic (exact) mass is 340 g/mol. The van der Waals surface area contributed by atoms with Gasteiger partial charge in [0.15, 0.2) is 6.61 Å². The van der Waals surface area contributed by atoms with Gasteiger partial charge in [-0.25, -0.2) is 0 Å².